The van der Waals surface area contributed by atoms with Crippen molar-refractivity contribution in [3.8, 4) is 0 Å². The van der Waals surface area contributed by atoms with Crippen LogP contribution in [0.2, 0.25) is 10.2 Å². The highest BCUT2D eigenvalue weighted by Gasteiger charge is 2.34. The van der Waals surface area contributed by atoms with E-state index >= 15 is 0 Å². The zero-order chi connectivity index (χ0) is 28.5. The summed E-state index contributed by atoms with van der Waals surface area (Å²) in [6.07, 6.45) is 6.37. The number of carbonyl (C=O) groups is 2. The summed E-state index contributed by atoms with van der Waals surface area (Å²) in [4.78, 5) is 31.3. The molecule has 2 aromatic rings. The van der Waals surface area contributed by atoms with Crippen LogP contribution in [0.3, 0.4) is 0 Å². The predicted octanol–water partition coefficient (Wildman–Crippen LogP) is 4.82. The minimum Gasteiger partial charge on any atom is -0.398 e. The first-order valence-corrected chi connectivity index (χ1v) is 14.1. The van der Waals surface area contributed by atoms with Crippen LogP contribution in [0.5, 0.6) is 0 Å². The molecule has 0 radical (unpaired) electrons. The van der Waals surface area contributed by atoms with Crippen LogP contribution >= 0.6 is 23.2 Å². The first kappa shape index (κ1) is 29.0. The van der Waals surface area contributed by atoms with E-state index in [0.717, 1.165) is 37.7 Å². The molecule has 4 rings (SSSR count). The monoisotopic (exact) mass is 573 g/mol. The number of carbonyl (C=O) groups excluding carboxylic acids is 2. The summed E-state index contributed by atoms with van der Waals surface area (Å²) in [7, 11) is 0. The fourth-order valence-electron chi connectivity index (χ4n) is 5.28. The predicted molar refractivity (Wildman–Crippen MR) is 156 cm³/mol. The minimum absolute atomic E-state index is 0.0822. The smallest absolute Gasteiger partial charge is 0.271 e. The number of aromatic nitrogens is 2. The van der Waals surface area contributed by atoms with Crippen LogP contribution in [0, 0.1) is 5.41 Å². The van der Waals surface area contributed by atoms with Crippen LogP contribution in [0.15, 0.2) is 24.8 Å². The van der Waals surface area contributed by atoms with Gasteiger partial charge in [0.1, 0.15) is 17.4 Å². The standard InChI is InChI=1S/C28H37Cl2N7O2/c1-5-23(38)36-14-16(15-36)34-27(39)24-25(30)35-22(37(24)17-9-7-6-8-10-17)13-33-26(32)18-11-19(28(2,3)4)20(29)12-21(18)31/h5,11-12,16-17H,1,6-10,13-15,31H2,2-4H3,(H2,32,33)(H,34,39). The third-order valence-corrected chi connectivity index (χ3v) is 8.02. The van der Waals surface area contributed by atoms with E-state index in [1.54, 1.807) is 11.0 Å². The summed E-state index contributed by atoms with van der Waals surface area (Å²) in [5.41, 5.74) is 8.19. The van der Waals surface area contributed by atoms with Gasteiger partial charge in [-0.15, -0.1) is 0 Å². The SMILES string of the molecule is C=CC(=O)N1CC(NC(=O)c2c(Cl)nc(CNC(=N)c3cc(C(C)(C)C)c(Cl)cc3N)n2C2CCCCC2)C1. The van der Waals surface area contributed by atoms with Gasteiger partial charge in [-0.1, -0.05) is 69.8 Å². The van der Waals surface area contributed by atoms with Crippen LogP contribution in [-0.2, 0) is 16.8 Å². The summed E-state index contributed by atoms with van der Waals surface area (Å²) in [5.74, 6) is 0.253. The van der Waals surface area contributed by atoms with E-state index in [1.165, 1.54) is 6.08 Å². The number of nitrogens with two attached hydrogens (primary N) is 1. The van der Waals surface area contributed by atoms with Crippen LogP contribution < -0.4 is 16.4 Å². The van der Waals surface area contributed by atoms with Gasteiger partial charge in [0, 0.05) is 35.4 Å². The number of imidazole rings is 1. The van der Waals surface area contributed by atoms with E-state index in [-0.39, 0.29) is 46.8 Å². The first-order valence-electron chi connectivity index (χ1n) is 13.3. The van der Waals surface area contributed by atoms with Gasteiger partial charge in [0.05, 0.1) is 12.6 Å². The topological polar surface area (TPSA) is 129 Å². The molecule has 1 aliphatic carbocycles. The molecule has 0 unspecified atom stereocenters. The van der Waals surface area contributed by atoms with Gasteiger partial charge in [0.25, 0.3) is 5.91 Å². The normalized spacial score (nSPS) is 16.5. The lowest BCUT2D eigenvalue weighted by Crippen LogP contribution is -2.60. The third-order valence-electron chi connectivity index (χ3n) is 7.44. The molecule has 1 saturated heterocycles. The molecule has 0 bridgehead atoms. The molecule has 210 valence electrons. The van der Waals surface area contributed by atoms with Crippen molar-refractivity contribution >= 4 is 46.5 Å². The van der Waals surface area contributed by atoms with Crippen molar-refractivity contribution in [2.45, 2.75) is 76.9 Å². The molecule has 2 amide bonds. The maximum atomic E-state index is 13.4. The van der Waals surface area contributed by atoms with Crippen molar-refractivity contribution in [1.29, 1.82) is 5.41 Å². The number of nitrogen functional groups attached to an aromatic ring is 1. The molecule has 2 fully saturated rings. The largest absolute Gasteiger partial charge is 0.398 e. The summed E-state index contributed by atoms with van der Waals surface area (Å²) in [6.45, 7) is 10.7. The number of amides is 2. The van der Waals surface area contributed by atoms with Crippen molar-refractivity contribution < 1.29 is 9.59 Å². The Bertz CT molecular complexity index is 1290. The molecule has 1 aromatic heterocycles. The van der Waals surface area contributed by atoms with Gasteiger partial charge in [0.2, 0.25) is 5.91 Å². The number of anilines is 1. The lowest BCUT2D eigenvalue weighted by atomic mass is 9.85. The Labute approximate surface area is 239 Å². The van der Waals surface area contributed by atoms with Gasteiger partial charge in [0.15, 0.2) is 5.15 Å². The Morgan fingerprint density at radius 3 is 2.49 bits per heavy atom. The van der Waals surface area contributed by atoms with Crippen molar-refractivity contribution in [2.24, 2.45) is 0 Å². The maximum absolute atomic E-state index is 13.4. The lowest BCUT2D eigenvalue weighted by Gasteiger charge is -2.39. The number of hydrogen-bond donors (Lipinski definition) is 4. The van der Waals surface area contributed by atoms with E-state index in [0.29, 0.717) is 40.9 Å². The Morgan fingerprint density at radius 1 is 1.21 bits per heavy atom. The molecule has 2 heterocycles. The van der Waals surface area contributed by atoms with Gasteiger partial charge in [-0.05, 0) is 42.0 Å². The van der Waals surface area contributed by atoms with E-state index in [9.17, 15) is 9.59 Å². The Balaban J connectivity index is 1.56. The van der Waals surface area contributed by atoms with Gasteiger partial charge < -0.3 is 25.8 Å². The molecule has 1 aromatic carbocycles. The molecule has 2 aliphatic rings. The van der Waals surface area contributed by atoms with Crippen LogP contribution in [0.4, 0.5) is 5.69 Å². The van der Waals surface area contributed by atoms with E-state index < -0.39 is 0 Å². The number of amidine groups is 1. The second-order valence-electron chi connectivity index (χ2n) is 11.3. The van der Waals surface area contributed by atoms with Crippen molar-refractivity contribution in [1.82, 2.24) is 25.1 Å². The minimum atomic E-state index is -0.313. The van der Waals surface area contributed by atoms with Crippen LogP contribution in [-0.4, -0.2) is 51.2 Å². The fourth-order valence-corrected chi connectivity index (χ4v) is 6.01. The second kappa shape index (κ2) is 11.6. The van der Waals surface area contributed by atoms with Crippen molar-refractivity contribution in [3.05, 3.63) is 57.6 Å². The summed E-state index contributed by atoms with van der Waals surface area (Å²) in [5, 5.41) is 15.5. The number of likely N-dealkylation sites (tertiary alicyclic amines) is 1. The molecule has 0 atom stereocenters. The molecule has 0 spiro atoms. The number of benzene rings is 1. The van der Waals surface area contributed by atoms with Gasteiger partial charge in [-0.3, -0.25) is 15.0 Å². The molecule has 39 heavy (non-hydrogen) atoms. The lowest BCUT2D eigenvalue weighted by molar-refractivity contribution is -0.130. The average molecular weight is 575 g/mol. The number of halogens is 2. The quantitative estimate of drug-likeness (QED) is 0.163. The van der Waals surface area contributed by atoms with Crippen molar-refractivity contribution in [3.63, 3.8) is 0 Å². The summed E-state index contributed by atoms with van der Waals surface area (Å²) < 4.78 is 1.94. The maximum Gasteiger partial charge on any atom is 0.271 e. The summed E-state index contributed by atoms with van der Waals surface area (Å²) >= 11 is 13.0. The van der Waals surface area contributed by atoms with Crippen LogP contribution in [0.1, 0.15) is 86.4 Å². The van der Waals surface area contributed by atoms with Crippen LogP contribution in [0.25, 0.3) is 0 Å². The average Bonchev–Trinajstić information content (AvgIpc) is 3.19. The summed E-state index contributed by atoms with van der Waals surface area (Å²) in [6, 6.07) is 3.46. The van der Waals surface area contributed by atoms with Crippen molar-refractivity contribution in [2.75, 3.05) is 18.8 Å². The highest BCUT2D eigenvalue weighted by molar-refractivity contribution is 6.32. The third kappa shape index (κ3) is 6.25. The highest BCUT2D eigenvalue weighted by atomic mass is 35.5. The zero-order valence-corrected chi connectivity index (χ0v) is 24.3. The van der Waals surface area contributed by atoms with Gasteiger partial charge >= 0.3 is 0 Å². The Hall–Kier alpha value is -3.04. The molecule has 5 N–H and O–H groups in total. The zero-order valence-electron chi connectivity index (χ0n) is 22.7. The molecule has 11 heteroatoms. The molecule has 9 nitrogen and oxygen atoms in total. The fraction of sp³-hybridized carbons (Fsp3) is 0.500. The molecular weight excluding hydrogens is 537 g/mol. The van der Waals surface area contributed by atoms with Gasteiger partial charge in [-0.25, -0.2) is 4.98 Å². The van der Waals surface area contributed by atoms with E-state index in [1.807, 2.05) is 10.6 Å². The Kier molecular flexibility index (Phi) is 8.61. The molecule has 1 aliphatic heterocycles. The number of hydrogen-bond acceptors (Lipinski definition) is 5. The van der Waals surface area contributed by atoms with E-state index in [2.05, 4.69) is 43.0 Å². The van der Waals surface area contributed by atoms with E-state index in [4.69, 9.17) is 34.3 Å². The molecule has 1 saturated carbocycles. The number of nitrogens with one attached hydrogen (secondary N) is 3. The second-order valence-corrected chi connectivity index (χ2v) is 12.1. The first-order chi connectivity index (χ1) is 18.4. The number of nitrogens with zero attached hydrogens (tertiary/aromatic N) is 3. The molecular formula is C28H37Cl2N7O2. The highest BCUT2D eigenvalue weighted by Crippen LogP contribution is 2.34. The number of rotatable bonds is 7. The van der Waals surface area contributed by atoms with Gasteiger partial charge in [-0.2, -0.15) is 0 Å². The Morgan fingerprint density at radius 2 is 1.87 bits per heavy atom.